The maximum absolute atomic E-state index is 11.2. The first-order valence-corrected chi connectivity index (χ1v) is 5.70. The van der Waals surface area contributed by atoms with Crippen LogP contribution in [-0.4, -0.2) is 44.7 Å². The molecule has 1 N–H and O–H groups in total. The van der Waals surface area contributed by atoms with Crippen molar-refractivity contribution < 1.29 is 9.90 Å². The number of rotatable bonds is 4. The Morgan fingerprint density at radius 2 is 2.12 bits per heavy atom. The fourth-order valence-electron chi connectivity index (χ4n) is 2.17. The van der Waals surface area contributed by atoms with E-state index in [-0.39, 0.29) is 0 Å². The van der Waals surface area contributed by atoms with Crippen LogP contribution in [0.15, 0.2) is 18.7 Å². The molecule has 0 amide bonds. The molecule has 2 rings (SSSR count). The zero-order chi connectivity index (χ0) is 11.4. The SMILES string of the molecule is O=C(O)C(Cn1ccnc1)N1CCCCC1. The van der Waals surface area contributed by atoms with E-state index in [1.807, 2.05) is 4.57 Å². The van der Waals surface area contributed by atoms with Crippen LogP contribution in [0.4, 0.5) is 0 Å². The van der Waals surface area contributed by atoms with Gasteiger partial charge in [-0.3, -0.25) is 9.69 Å². The zero-order valence-electron chi connectivity index (χ0n) is 9.25. The maximum atomic E-state index is 11.2. The summed E-state index contributed by atoms with van der Waals surface area (Å²) in [5.74, 6) is -0.740. The predicted molar refractivity (Wildman–Crippen MR) is 59.1 cm³/mol. The van der Waals surface area contributed by atoms with Gasteiger partial charge in [-0.2, -0.15) is 0 Å². The molecule has 1 atom stereocenters. The predicted octanol–water partition coefficient (Wildman–Crippen LogP) is 0.822. The Bertz CT molecular complexity index is 331. The van der Waals surface area contributed by atoms with E-state index in [0.29, 0.717) is 6.54 Å². The van der Waals surface area contributed by atoms with Crippen LogP contribution in [0.25, 0.3) is 0 Å². The van der Waals surface area contributed by atoms with Gasteiger partial charge in [-0.15, -0.1) is 0 Å². The summed E-state index contributed by atoms with van der Waals surface area (Å²) in [7, 11) is 0. The Hall–Kier alpha value is -1.36. The van der Waals surface area contributed by atoms with E-state index in [1.54, 1.807) is 18.7 Å². The summed E-state index contributed by atoms with van der Waals surface area (Å²) in [6.07, 6.45) is 8.57. The molecule has 0 saturated carbocycles. The molecule has 1 aromatic heterocycles. The second-order valence-electron chi connectivity index (χ2n) is 4.21. The molecular formula is C11H17N3O2. The summed E-state index contributed by atoms with van der Waals surface area (Å²) in [4.78, 5) is 17.2. The van der Waals surface area contributed by atoms with Crippen LogP contribution >= 0.6 is 0 Å². The van der Waals surface area contributed by atoms with Crippen LogP contribution < -0.4 is 0 Å². The average molecular weight is 223 g/mol. The molecular weight excluding hydrogens is 206 g/mol. The van der Waals surface area contributed by atoms with Crippen molar-refractivity contribution in [2.75, 3.05) is 13.1 Å². The first-order valence-electron chi connectivity index (χ1n) is 5.70. The Kier molecular flexibility index (Phi) is 3.56. The Morgan fingerprint density at radius 3 is 2.69 bits per heavy atom. The second kappa shape index (κ2) is 5.12. The number of carbonyl (C=O) groups is 1. The molecule has 0 aliphatic carbocycles. The van der Waals surface area contributed by atoms with Gasteiger partial charge in [0.25, 0.3) is 0 Å². The molecule has 5 heteroatoms. The lowest BCUT2D eigenvalue weighted by Crippen LogP contribution is -2.46. The van der Waals surface area contributed by atoms with Crippen LogP contribution in [0, 0.1) is 0 Å². The molecule has 1 aliphatic rings. The number of aliphatic carboxylic acids is 1. The zero-order valence-corrected chi connectivity index (χ0v) is 9.25. The molecule has 2 heterocycles. The molecule has 1 aliphatic heterocycles. The van der Waals surface area contributed by atoms with Gasteiger partial charge in [0.2, 0.25) is 0 Å². The third-order valence-corrected chi connectivity index (χ3v) is 3.06. The van der Waals surface area contributed by atoms with E-state index >= 15 is 0 Å². The molecule has 0 radical (unpaired) electrons. The summed E-state index contributed by atoms with van der Waals surface area (Å²) in [5.41, 5.74) is 0. The van der Waals surface area contributed by atoms with Gasteiger partial charge < -0.3 is 9.67 Å². The third-order valence-electron chi connectivity index (χ3n) is 3.06. The van der Waals surface area contributed by atoms with Crippen molar-refractivity contribution in [2.24, 2.45) is 0 Å². The van der Waals surface area contributed by atoms with Crippen LogP contribution in [0.5, 0.6) is 0 Å². The lowest BCUT2D eigenvalue weighted by Gasteiger charge is -2.32. The summed E-state index contributed by atoms with van der Waals surface area (Å²) in [5, 5.41) is 9.25. The molecule has 1 aromatic rings. The molecule has 0 bridgehead atoms. The number of nitrogens with zero attached hydrogens (tertiary/aromatic N) is 3. The third kappa shape index (κ3) is 2.61. The molecule has 16 heavy (non-hydrogen) atoms. The standard InChI is InChI=1S/C11H17N3O2/c15-11(16)10(8-13-7-4-12-9-13)14-5-2-1-3-6-14/h4,7,9-10H,1-3,5-6,8H2,(H,15,16). The van der Waals surface area contributed by atoms with Crippen molar-refractivity contribution in [3.63, 3.8) is 0 Å². The van der Waals surface area contributed by atoms with Gasteiger partial charge in [-0.05, 0) is 25.9 Å². The van der Waals surface area contributed by atoms with Gasteiger partial charge in [-0.1, -0.05) is 6.42 Å². The van der Waals surface area contributed by atoms with Crippen LogP contribution in [0.3, 0.4) is 0 Å². The fraction of sp³-hybridized carbons (Fsp3) is 0.636. The minimum atomic E-state index is -0.740. The van der Waals surface area contributed by atoms with Crippen molar-refractivity contribution in [1.29, 1.82) is 0 Å². The Labute approximate surface area is 94.7 Å². The number of aromatic nitrogens is 2. The number of piperidine rings is 1. The highest BCUT2D eigenvalue weighted by atomic mass is 16.4. The molecule has 1 fully saturated rings. The highest BCUT2D eigenvalue weighted by Crippen LogP contribution is 2.13. The molecule has 5 nitrogen and oxygen atoms in total. The van der Waals surface area contributed by atoms with Crippen LogP contribution in [0.2, 0.25) is 0 Å². The first-order chi connectivity index (χ1) is 7.77. The van der Waals surface area contributed by atoms with Crippen molar-refractivity contribution in [3.05, 3.63) is 18.7 Å². The number of likely N-dealkylation sites (tertiary alicyclic amines) is 1. The largest absolute Gasteiger partial charge is 0.480 e. The molecule has 88 valence electrons. The smallest absolute Gasteiger partial charge is 0.322 e. The lowest BCUT2D eigenvalue weighted by molar-refractivity contribution is -0.144. The van der Waals surface area contributed by atoms with E-state index in [9.17, 15) is 9.90 Å². The molecule has 1 unspecified atom stereocenters. The highest BCUT2D eigenvalue weighted by molar-refractivity contribution is 5.73. The Balaban J connectivity index is 2.01. The van der Waals surface area contributed by atoms with Gasteiger partial charge in [-0.25, -0.2) is 4.98 Å². The monoisotopic (exact) mass is 223 g/mol. The highest BCUT2D eigenvalue weighted by Gasteiger charge is 2.26. The molecule has 1 saturated heterocycles. The fourth-order valence-corrected chi connectivity index (χ4v) is 2.17. The normalized spacial score (nSPS) is 19.5. The topological polar surface area (TPSA) is 58.4 Å². The maximum Gasteiger partial charge on any atom is 0.322 e. The van der Waals surface area contributed by atoms with Gasteiger partial charge in [0.1, 0.15) is 6.04 Å². The molecule has 0 spiro atoms. The quantitative estimate of drug-likeness (QED) is 0.821. The number of carboxylic acid groups (broad SMARTS) is 1. The van der Waals surface area contributed by atoms with E-state index in [4.69, 9.17) is 0 Å². The minimum Gasteiger partial charge on any atom is -0.480 e. The van der Waals surface area contributed by atoms with E-state index in [0.717, 1.165) is 25.9 Å². The summed E-state index contributed by atoms with van der Waals surface area (Å²) in [6, 6.07) is -0.422. The number of hydrogen-bond donors (Lipinski definition) is 1. The first kappa shape index (κ1) is 11.1. The summed E-state index contributed by atoms with van der Waals surface area (Å²) < 4.78 is 1.83. The number of hydrogen-bond acceptors (Lipinski definition) is 3. The van der Waals surface area contributed by atoms with Gasteiger partial charge in [0.05, 0.1) is 6.33 Å². The second-order valence-corrected chi connectivity index (χ2v) is 4.21. The lowest BCUT2D eigenvalue weighted by atomic mass is 10.1. The van der Waals surface area contributed by atoms with Crippen molar-refractivity contribution >= 4 is 5.97 Å². The van der Waals surface area contributed by atoms with Crippen molar-refractivity contribution in [2.45, 2.75) is 31.8 Å². The average Bonchev–Trinajstić information content (AvgIpc) is 2.79. The minimum absolute atomic E-state index is 0.422. The summed E-state index contributed by atoms with van der Waals surface area (Å²) >= 11 is 0. The van der Waals surface area contributed by atoms with Crippen LogP contribution in [0.1, 0.15) is 19.3 Å². The van der Waals surface area contributed by atoms with Gasteiger partial charge in [0, 0.05) is 18.9 Å². The summed E-state index contributed by atoms with van der Waals surface area (Å²) in [6.45, 7) is 2.27. The number of carboxylic acids is 1. The van der Waals surface area contributed by atoms with Gasteiger partial charge in [0.15, 0.2) is 0 Å². The number of imidazole rings is 1. The van der Waals surface area contributed by atoms with Crippen molar-refractivity contribution in [1.82, 2.24) is 14.5 Å². The Morgan fingerprint density at radius 1 is 1.38 bits per heavy atom. The van der Waals surface area contributed by atoms with E-state index in [2.05, 4.69) is 9.88 Å². The van der Waals surface area contributed by atoms with E-state index < -0.39 is 12.0 Å². The van der Waals surface area contributed by atoms with Crippen LogP contribution in [-0.2, 0) is 11.3 Å². The van der Waals surface area contributed by atoms with E-state index in [1.165, 1.54) is 6.42 Å². The molecule has 0 aromatic carbocycles. The van der Waals surface area contributed by atoms with Gasteiger partial charge >= 0.3 is 5.97 Å². The van der Waals surface area contributed by atoms with Crippen molar-refractivity contribution in [3.8, 4) is 0 Å².